The Kier molecular flexibility index (Phi) is 2.68. The van der Waals surface area contributed by atoms with Gasteiger partial charge >= 0.3 is 0 Å². The van der Waals surface area contributed by atoms with E-state index in [2.05, 4.69) is 22.4 Å². The molecule has 0 aromatic carbocycles. The van der Waals surface area contributed by atoms with Crippen molar-refractivity contribution in [2.24, 2.45) is 0 Å². The van der Waals surface area contributed by atoms with Crippen molar-refractivity contribution in [1.29, 1.82) is 0 Å². The summed E-state index contributed by atoms with van der Waals surface area (Å²) in [6, 6.07) is 0. The van der Waals surface area contributed by atoms with Gasteiger partial charge in [-0.05, 0) is 18.6 Å². The van der Waals surface area contributed by atoms with E-state index in [-0.39, 0.29) is 0 Å². The van der Waals surface area contributed by atoms with Gasteiger partial charge in [-0.25, -0.2) is 0 Å². The molecule has 0 aromatic rings. The molecule has 1 aliphatic rings. The standard InChI is InChI=1S/C7H12N2S/c1-8-7(10)9-5-3-2-4-6-9/h2-3H,4-6H2,1H3,(H,8,10). The maximum Gasteiger partial charge on any atom is 0.168 e. The van der Waals surface area contributed by atoms with Gasteiger partial charge in [0.25, 0.3) is 0 Å². The van der Waals surface area contributed by atoms with Crippen molar-refractivity contribution in [3.05, 3.63) is 12.2 Å². The van der Waals surface area contributed by atoms with E-state index in [0.29, 0.717) is 0 Å². The number of rotatable bonds is 0. The zero-order valence-corrected chi connectivity index (χ0v) is 6.95. The molecule has 0 bridgehead atoms. The summed E-state index contributed by atoms with van der Waals surface area (Å²) in [6.07, 6.45) is 5.45. The fraction of sp³-hybridized carbons (Fsp3) is 0.571. The van der Waals surface area contributed by atoms with Crippen LogP contribution in [0.4, 0.5) is 0 Å². The van der Waals surface area contributed by atoms with Crippen molar-refractivity contribution in [3.63, 3.8) is 0 Å². The molecule has 0 unspecified atom stereocenters. The SMILES string of the molecule is CNC(=S)N1CC=CCC1. The molecular weight excluding hydrogens is 144 g/mol. The van der Waals surface area contributed by atoms with Crippen molar-refractivity contribution in [2.45, 2.75) is 6.42 Å². The average Bonchev–Trinajstić information content (AvgIpc) is 2.05. The molecule has 1 aliphatic heterocycles. The minimum atomic E-state index is 0.851. The lowest BCUT2D eigenvalue weighted by Gasteiger charge is -2.25. The zero-order valence-electron chi connectivity index (χ0n) is 6.13. The maximum absolute atomic E-state index is 5.06. The van der Waals surface area contributed by atoms with E-state index >= 15 is 0 Å². The molecule has 10 heavy (non-hydrogen) atoms. The minimum absolute atomic E-state index is 0.851. The van der Waals surface area contributed by atoms with Gasteiger partial charge in [0.2, 0.25) is 0 Å². The highest BCUT2D eigenvalue weighted by Crippen LogP contribution is 2.00. The molecule has 0 amide bonds. The van der Waals surface area contributed by atoms with Crippen molar-refractivity contribution < 1.29 is 0 Å². The Hall–Kier alpha value is -0.570. The van der Waals surface area contributed by atoms with Crippen LogP contribution in [-0.4, -0.2) is 30.1 Å². The summed E-state index contributed by atoms with van der Waals surface area (Å²) in [4.78, 5) is 2.15. The van der Waals surface area contributed by atoms with Crippen LogP contribution in [0.15, 0.2) is 12.2 Å². The highest BCUT2D eigenvalue weighted by atomic mass is 32.1. The second-order valence-corrected chi connectivity index (χ2v) is 2.65. The third-order valence-corrected chi connectivity index (χ3v) is 2.02. The monoisotopic (exact) mass is 156 g/mol. The van der Waals surface area contributed by atoms with E-state index in [1.807, 2.05) is 7.05 Å². The molecule has 2 nitrogen and oxygen atoms in total. The summed E-state index contributed by atoms with van der Waals surface area (Å²) >= 11 is 5.06. The Bertz CT molecular complexity index is 154. The van der Waals surface area contributed by atoms with Crippen LogP contribution in [0, 0.1) is 0 Å². The van der Waals surface area contributed by atoms with Crippen molar-refractivity contribution in [2.75, 3.05) is 20.1 Å². The first-order valence-corrected chi connectivity index (χ1v) is 3.87. The molecule has 56 valence electrons. The van der Waals surface area contributed by atoms with Gasteiger partial charge in [-0.1, -0.05) is 12.2 Å². The molecular formula is C7H12N2S. The molecule has 0 fully saturated rings. The van der Waals surface area contributed by atoms with E-state index < -0.39 is 0 Å². The smallest absolute Gasteiger partial charge is 0.168 e. The Morgan fingerprint density at radius 2 is 2.40 bits per heavy atom. The first kappa shape index (κ1) is 7.54. The van der Waals surface area contributed by atoms with E-state index in [1.165, 1.54) is 0 Å². The van der Waals surface area contributed by atoms with Crippen molar-refractivity contribution >= 4 is 17.3 Å². The number of hydrogen-bond donors (Lipinski definition) is 1. The van der Waals surface area contributed by atoms with Crippen LogP contribution in [-0.2, 0) is 0 Å². The molecule has 1 heterocycles. The summed E-state index contributed by atoms with van der Waals surface area (Å²) in [5.74, 6) is 0. The first-order chi connectivity index (χ1) is 4.84. The van der Waals surface area contributed by atoms with Crippen LogP contribution < -0.4 is 5.32 Å². The Labute approximate surface area is 66.9 Å². The van der Waals surface area contributed by atoms with Gasteiger partial charge in [0, 0.05) is 20.1 Å². The summed E-state index contributed by atoms with van der Waals surface area (Å²) in [5.41, 5.74) is 0. The fourth-order valence-electron chi connectivity index (χ4n) is 0.984. The number of nitrogens with zero attached hydrogens (tertiary/aromatic N) is 1. The molecule has 0 radical (unpaired) electrons. The topological polar surface area (TPSA) is 15.3 Å². The van der Waals surface area contributed by atoms with Crippen LogP contribution in [0.25, 0.3) is 0 Å². The number of nitrogens with one attached hydrogen (secondary N) is 1. The van der Waals surface area contributed by atoms with Gasteiger partial charge in [-0.3, -0.25) is 0 Å². The molecule has 0 atom stereocenters. The molecule has 0 saturated heterocycles. The molecule has 0 saturated carbocycles. The minimum Gasteiger partial charge on any atom is -0.366 e. The van der Waals surface area contributed by atoms with Gasteiger partial charge in [-0.15, -0.1) is 0 Å². The van der Waals surface area contributed by atoms with Crippen molar-refractivity contribution in [3.8, 4) is 0 Å². The molecule has 0 aromatic heterocycles. The van der Waals surface area contributed by atoms with Gasteiger partial charge in [-0.2, -0.15) is 0 Å². The predicted molar refractivity (Wildman–Crippen MR) is 47.0 cm³/mol. The van der Waals surface area contributed by atoms with Gasteiger partial charge in [0.15, 0.2) is 5.11 Å². The Morgan fingerprint density at radius 1 is 1.60 bits per heavy atom. The summed E-state index contributed by atoms with van der Waals surface area (Å²) in [7, 11) is 1.86. The van der Waals surface area contributed by atoms with Crippen LogP contribution in [0.3, 0.4) is 0 Å². The third-order valence-electron chi connectivity index (χ3n) is 1.56. The quantitative estimate of drug-likeness (QED) is 0.411. The van der Waals surface area contributed by atoms with E-state index in [1.54, 1.807) is 0 Å². The lowest BCUT2D eigenvalue weighted by molar-refractivity contribution is 0.450. The molecule has 1 N–H and O–H groups in total. The molecule has 0 aliphatic carbocycles. The fourth-order valence-corrected chi connectivity index (χ4v) is 1.15. The largest absolute Gasteiger partial charge is 0.366 e. The molecule has 1 rings (SSSR count). The second kappa shape index (κ2) is 3.56. The normalized spacial score (nSPS) is 17.1. The van der Waals surface area contributed by atoms with Crippen LogP contribution >= 0.6 is 12.2 Å². The number of hydrogen-bond acceptors (Lipinski definition) is 1. The molecule has 3 heteroatoms. The zero-order chi connectivity index (χ0) is 7.40. The summed E-state index contributed by atoms with van der Waals surface area (Å²) < 4.78 is 0. The van der Waals surface area contributed by atoms with Crippen molar-refractivity contribution in [1.82, 2.24) is 10.2 Å². The van der Waals surface area contributed by atoms with Crippen LogP contribution in [0.1, 0.15) is 6.42 Å². The van der Waals surface area contributed by atoms with Gasteiger partial charge < -0.3 is 10.2 Å². The van der Waals surface area contributed by atoms with E-state index in [0.717, 1.165) is 24.6 Å². The summed E-state index contributed by atoms with van der Waals surface area (Å²) in [5, 5.41) is 3.81. The van der Waals surface area contributed by atoms with E-state index in [9.17, 15) is 0 Å². The number of thiocarbonyl (C=S) groups is 1. The Balaban J connectivity index is 2.41. The maximum atomic E-state index is 5.06. The second-order valence-electron chi connectivity index (χ2n) is 2.26. The molecule has 0 spiro atoms. The van der Waals surface area contributed by atoms with E-state index in [4.69, 9.17) is 12.2 Å². The predicted octanol–water partition coefficient (Wildman–Crippen LogP) is 0.753. The van der Waals surface area contributed by atoms with Gasteiger partial charge in [0.1, 0.15) is 0 Å². The average molecular weight is 156 g/mol. The Morgan fingerprint density at radius 3 is 2.90 bits per heavy atom. The first-order valence-electron chi connectivity index (χ1n) is 3.46. The third kappa shape index (κ3) is 1.70. The highest BCUT2D eigenvalue weighted by molar-refractivity contribution is 7.80. The lowest BCUT2D eigenvalue weighted by atomic mass is 10.3. The highest BCUT2D eigenvalue weighted by Gasteiger charge is 2.06. The lowest BCUT2D eigenvalue weighted by Crippen LogP contribution is -2.39. The van der Waals surface area contributed by atoms with Gasteiger partial charge in [0.05, 0.1) is 0 Å². The summed E-state index contributed by atoms with van der Waals surface area (Å²) in [6.45, 7) is 2.01. The van der Waals surface area contributed by atoms with Crippen LogP contribution in [0.5, 0.6) is 0 Å². The van der Waals surface area contributed by atoms with Crippen LogP contribution in [0.2, 0.25) is 0 Å².